The summed E-state index contributed by atoms with van der Waals surface area (Å²) in [6, 6.07) is 3.83. The van der Waals surface area contributed by atoms with Crippen LogP contribution in [0.4, 0.5) is 13.2 Å². The molecule has 1 amide bonds. The first-order chi connectivity index (χ1) is 10.8. The summed E-state index contributed by atoms with van der Waals surface area (Å²) in [5.41, 5.74) is -0.742. The molecule has 0 spiro atoms. The lowest BCUT2D eigenvalue weighted by Crippen LogP contribution is -2.32. The number of alkyl halides is 3. The quantitative estimate of drug-likeness (QED) is 0.841. The lowest BCUT2D eigenvalue weighted by Gasteiger charge is -2.17. The van der Waals surface area contributed by atoms with Crippen LogP contribution in [0.2, 0.25) is 0 Å². The Labute approximate surface area is 145 Å². The highest BCUT2D eigenvalue weighted by atomic mass is 35.5. The molecule has 0 radical (unpaired) electrons. The minimum atomic E-state index is -4.49. The van der Waals surface area contributed by atoms with Crippen molar-refractivity contribution in [2.75, 3.05) is 13.1 Å². The first-order valence-corrected chi connectivity index (χ1v) is 7.62. The minimum Gasteiger partial charge on any atom is -0.491 e. The highest BCUT2D eigenvalue weighted by molar-refractivity contribution is 5.85. The maximum atomic E-state index is 13.2. The summed E-state index contributed by atoms with van der Waals surface area (Å²) < 4.78 is 45.0. The van der Waals surface area contributed by atoms with Crippen molar-refractivity contribution in [2.24, 2.45) is 5.92 Å². The zero-order valence-corrected chi connectivity index (χ0v) is 14.4. The van der Waals surface area contributed by atoms with E-state index < -0.39 is 11.7 Å². The van der Waals surface area contributed by atoms with Crippen molar-refractivity contribution in [1.82, 2.24) is 10.6 Å². The van der Waals surface area contributed by atoms with Crippen molar-refractivity contribution in [1.29, 1.82) is 0 Å². The Bertz CT molecular complexity index is 559. The SMILES string of the molecule is CC(C)Oc1ccc(CNC(=O)C2CCNC2)c(C(F)(F)F)c1.Cl. The Morgan fingerprint density at radius 1 is 1.42 bits per heavy atom. The summed E-state index contributed by atoms with van der Waals surface area (Å²) in [7, 11) is 0. The number of ether oxygens (including phenoxy) is 1. The van der Waals surface area contributed by atoms with Gasteiger partial charge in [-0.2, -0.15) is 13.2 Å². The monoisotopic (exact) mass is 366 g/mol. The molecule has 1 aromatic carbocycles. The van der Waals surface area contributed by atoms with E-state index >= 15 is 0 Å². The van der Waals surface area contributed by atoms with Crippen molar-refractivity contribution in [3.05, 3.63) is 29.3 Å². The van der Waals surface area contributed by atoms with Gasteiger partial charge in [-0.25, -0.2) is 0 Å². The van der Waals surface area contributed by atoms with Gasteiger partial charge in [-0.1, -0.05) is 6.07 Å². The van der Waals surface area contributed by atoms with E-state index in [-0.39, 0.29) is 48.2 Å². The van der Waals surface area contributed by atoms with E-state index in [1.165, 1.54) is 12.1 Å². The molecule has 1 aromatic rings. The maximum absolute atomic E-state index is 13.2. The zero-order valence-electron chi connectivity index (χ0n) is 13.6. The van der Waals surface area contributed by atoms with Crippen LogP contribution in [-0.2, 0) is 17.5 Å². The van der Waals surface area contributed by atoms with Crippen LogP contribution in [0.15, 0.2) is 18.2 Å². The summed E-state index contributed by atoms with van der Waals surface area (Å²) in [6.45, 7) is 4.67. The topological polar surface area (TPSA) is 50.4 Å². The second kappa shape index (κ2) is 8.58. The molecule has 0 bridgehead atoms. The van der Waals surface area contributed by atoms with Crippen LogP contribution in [0.25, 0.3) is 0 Å². The van der Waals surface area contributed by atoms with E-state index in [0.29, 0.717) is 13.0 Å². The highest BCUT2D eigenvalue weighted by Gasteiger charge is 2.34. The predicted molar refractivity (Wildman–Crippen MR) is 87.3 cm³/mol. The molecule has 1 heterocycles. The van der Waals surface area contributed by atoms with E-state index in [0.717, 1.165) is 12.6 Å². The number of hydrogen-bond donors (Lipinski definition) is 2. The number of carbonyl (C=O) groups is 1. The van der Waals surface area contributed by atoms with Gasteiger partial charge in [0.2, 0.25) is 5.91 Å². The predicted octanol–water partition coefficient (Wildman–Crippen LogP) is 3.14. The average molecular weight is 367 g/mol. The minimum absolute atomic E-state index is 0. The summed E-state index contributed by atoms with van der Waals surface area (Å²) in [4.78, 5) is 11.9. The van der Waals surface area contributed by atoms with E-state index in [1.54, 1.807) is 13.8 Å². The van der Waals surface area contributed by atoms with E-state index in [4.69, 9.17) is 4.74 Å². The van der Waals surface area contributed by atoms with Crippen LogP contribution in [-0.4, -0.2) is 25.1 Å². The number of halogens is 4. The van der Waals surface area contributed by atoms with Gasteiger partial charge in [-0.15, -0.1) is 12.4 Å². The third-order valence-electron chi connectivity index (χ3n) is 3.64. The molecule has 1 aliphatic rings. The van der Waals surface area contributed by atoms with Gasteiger partial charge in [0.1, 0.15) is 5.75 Å². The lowest BCUT2D eigenvalue weighted by molar-refractivity contribution is -0.138. The number of carbonyl (C=O) groups excluding carboxylic acids is 1. The molecule has 2 rings (SSSR count). The normalized spacial score (nSPS) is 17.5. The molecule has 1 fully saturated rings. The van der Waals surface area contributed by atoms with Crippen LogP contribution < -0.4 is 15.4 Å². The number of amides is 1. The maximum Gasteiger partial charge on any atom is 0.416 e. The molecule has 24 heavy (non-hydrogen) atoms. The van der Waals surface area contributed by atoms with Crippen LogP contribution in [0.1, 0.15) is 31.4 Å². The third-order valence-corrected chi connectivity index (χ3v) is 3.64. The molecule has 2 N–H and O–H groups in total. The van der Waals surface area contributed by atoms with Crippen LogP contribution in [0, 0.1) is 5.92 Å². The largest absolute Gasteiger partial charge is 0.491 e. The second-order valence-corrected chi connectivity index (χ2v) is 5.89. The van der Waals surface area contributed by atoms with Crippen molar-refractivity contribution in [3.63, 3.8) is 0 Å². The Kier molecular flexibility index (Phi) is 7.35. The Morgan fingerprint density at radius 3 is 2.67 bits per heavy atom. The molecular formula is C16H22ClF3N2O2. The Balaban J connectivity index is 0.00000288. The third kappa shape index (κ3) is 5.56. The average Bonchev–Trinajstić information content (AvgIpc) is 2.98. The van der Waals surface area contributed by atoms with Crippen molar-refractivity contribution >= 4 is 18.3 Å². The van der Waals surface area contributed by atoms with Gasteiger partial charge in [0.05, 0.1) is 17.6 Å². The molecule has 1 atom stereocenters. The fourth-order valence-corrected chi connectivity index (χ4v) is 2.52. The van der Waals surface area contributed by atoms with Gasteiger partial charge in [0, 0.05) is 13.1 Å². The lowest BCUT2D eigenvalue weighted by atomic mass is 10.0. The fraction of sp³-hybridized carbons (Fsp3) is 0.562. The Morgan fingerprint density at radius 2 is 2.12 bits per heavy atom. The molecule has 1 unspecified atom stereocenters. The molecule has 136 valence electrons. The second-order valence-electron chi connectivity index (χ2n) is 5.89. The van der Waals surface area contributed by atoms with Gasteiger partial charge in [-0.3, -0.25) is 4.79 Å². The molecule has 4 nitrogen and oxygen atoms in total. The van der Waals surface area contributed by atoms with Crippen LogP contribution >= 0.6 is 12.4 Å². The van der Waals surface area contributed by atoms with Crippen molar-refractivity contribution < 1.29 is 22.7 Å². The molecule has 0 saturated carbocycles. The molecule has 0 aromatic heterocycles. The number of benzene rings is 1. The molecular weight excluding hydrogens is 345 g/mol. The van der Waals surface area contributed by atoms with E-state index in [9.17, 15) is 18.0 Å². The smallest absolute Gasteiger partial charge is 0.416 e. The highest BCUT2D eigenvalue weighted by Crippen LogP contribution is 2.34. The van der Waals surface area contributed by atoms with Gasteiger partial charge in [0.25, 0.3) is 0 Å². The first-order valence-electron chi connectivity index (χ1n) is 7.62. The van der Waals surface area contributed by atoms with E-state index in [2.05, 4.69) is 10.6 Å². The summed E-state index contributed by atoms with van der Waals surface area (Å²) in [6.07, 6.45) is -4.00. The zero-order chi connectivity index (χ0) is 17.0. The number of nitrogens with one attached hydrogen (secondary N) is 2. The van der Waals surface area contributed by atoms with Crippen molar-refractivity contribution in [3.8, 4) is 5.75 Å². The van der Waals surface area contributed by atoms with Crippen molar-refractivity contribution in [2.45, 2.75) is 39.1 Å². The number of rotatable bonds is 5. The van der Waals surface area contributed by atoms with Gasteiger partial charge < -0.3 is 15.4 Å². The van der Waals surface area contributed by atoms with E-state index in [1.807, 2.05) is 0 Å². The molecule has 1 aliphatic heterocycles. The van der Waals surface area contributed by atoms with Crippen LogP contribution in [0.5, 0.6) is 5.75 Å². The fourth-order valence-electron chi connectivity index (χ4n) is 2.52. The van der Waals surface area contributed by atoms with Gasteiger partial charge in [-0.05, 0) is 44.5 Å². The first kappa shape index (κ1) is 20.6. The summed E-state index contributed by atoms with van der Waals surface area (Å²) in [5.74, 6) is -0.221. The standard InChI is InChI=1S/C16H21F3N2O2.ClH/c1-10(2)23-13-4-3-11(14(7-13)16(17,18)19)9-21-15(22)12-5-6-20-8-12;/h3-4,7,10,12,20H,5-6,8-9H2,1-2H3,(H,21,22);1H. The molecule has 0 aliphatic carbocycles. The van der Waals surface area contributed by atoms with Gasteiger partial charge in [0.15, 0.2) is 0 Å². The molecule has 1 saturated heterocycles. The molecule has 8 heteroatoms. The summed E-state index contributed by atoms with van der Waals surface area (Å²) >= 11 is 0. The van der Waals surface area contributed by atoms with Crippen LogP contribution in [0.3, 0.4) is 0 Å². The number of hydrogen-bond acceptors (Lipinski definition) is 3. The van der Waals surface area contributed by atoms with Gasteiger partial charge >= 0.3 is 6.18 Å². The summed E-state index contributed by atoms with van der Waals surface area (Å²) in [5, 5.41) is 5.65. The Hall–Kier alpha value is -1.47.